The van der Waals surface area contributed by atoms with E-state index in [9.17, 15) is 4.79 Å². The fraction of sp³-hybridized carbons (Fsp3) is 0.400. The lowest BCUT2D eigenvalue weighted by atomic mass is 10.2. The maximum Gasteiger partial charge on any atom is 0.238 e. The number of nitrogens with zero attached hydrogens (tertiary/aromatic N) is 2. The molecule has 2 aromatic rings. The molecule has 7 heteroatoms. The largest absolute Gasteiger partial charge is 0.486 e. The van der Waals surface area contributed by atoms with Gasteiger partial charge in [0.05, 0.1) is 24.9 Å². The second-order valence-corrected chi connectivity index (χ2v) is 6.68. The third-order valence-corrected chi connectivity index (χ3v) is 4.62. The van der Waals surface area contributed by atoms with Crippen LogP contribution in [0, 0.1) is 0 Å². The maximum absolute atomic E-state index is 12.3. The molecule has 4 rings (SSSR count). The summed E-state index contributed by atoms with van der Waals surface area (Å²) in [5.74, 6) is 1.34. The van der Waals surface area contributed by atoms with Gasteiger partial charge in [-0.15, -0.1) is 0 Å². The average Bonchev–Trinajstić information content (AvgIpc) is 3.14. The van der Waals surface area contributed by atoms with Crippen LogP contribution in [0.4, 0.5) is 5.69 Å². The predicted octanol–water partition coefficient (Wildman–Crippen LogP) is 2.08. The molecule has 1 saturated heterocycles. The van der Waals surface area contributed by atoms with Crippen LogP contribution in [0.5, 0.6) is 11.5 Å². The smallest absolute Gasteiger partial charge is 0.238 e. The Labute approximate surface area is 158 Å². The zero-order valence-electron chi connectivity index (χ0n) is 15.1. The second-order valence-electron chi connectivity index (χ2n) is 6.68. The van der Waals surface area contributed by atoms with Gasteiger partial charge < -0.3 is 19.5 Å². The summed E-state index contributed by atoms with van der Waals surface area (Å²) in [5, 5.41) is 2.92. The van der Waals surface area contributed by atoms with Crippen LogP contribution >= 0.6 is 0 Å². The van der Waals surface area contributed by atoms with Crippen LogP contribution in [0.3, 0.4) is 0 Å². The number of carbonyl (C=O) groups excluding carboxylic acids is 1. The van der Waals surface area contributed by atoms with Crippen molar-refractivity contribution in [2.24, 2.45) is 0 Å². The number of ether oxygens (including phenoxy) is 3. The topological polar surface area (TPSA) is 72.9 Å². The molecule has 1 amide bonds. The molecule has 2 aliphatic rings. The van der Waals surface area contributed by atoms with Gasteiger partial charge in [0, 0.05) is 31.0 Å². The summed E-state index contributed by atoms with van der Waals surface area (Å²) in [7, 11) is 0. The number of likely N-dealkylation sites (tertiary alicyclic amines) is 1. The Bertz CT molecular complexity index is 784. The first-order valence-corrected chi connectivity index (χ1v) is 9.19. The van der Waals surface area contributed by atoms with Gasteiger partial charge in [-0.05, 0) is 30.7 Å². The van der Waals surface area contributed by atoms with E-state index in [1.807, 2.05) is 30.3 Å². The molecule has 2 aliphatic heterocycles. The van der Waals surface area contributed by atoms with Crippen molar-refractivity contribution in [3.8, 4) is 11.5 Å². The number of amides is 1. The Morgan fingerprint density at radius 3 is 2.96 bits per heavy atom. The number of benzene rings is 1. The third kappa shape index (κ3) is 4.75. The lowest BCUT2D eigenvalue weighted by Gasteiger charge is -2.19. The molecule has 0 aliphatic carbocycles. The minimum Gasteiger partial charge on any atom is -0.486 e. The highest BCUT2D eigenvalue weighted by molar-refractivity contribution is 5.92. The first kappa shape index (κ1) is 17.8. The number of anilines is 1. The van der Waals surface area contributed by atoms with E-state index in [4.69, 9.17) is 14.2 Å². The molecule has 0 radical (unpaired) electrons. The standard InChI is InChI=1S/C20H23N3O4/c24-20(22-15-4-5-18-19(11-15)26-10-9-25-18)13-23-8-6-17(12-23)27-14-16-3-1-2-7-21-16/h1-5,7,11,17H,6,8-10,12-14H2,(H,22,24)/t17-/m0/s1. The van der Waals surface area contributed by atoms with Gasteiger partial charge in [-0.25, -0.2) is 0 Å². The zero-order chi connectivity index (χ0) is 18.5. The second kappa shape index (κ2) is 8.37. The molecule has 3 heterocycles. The van der Waals surface area contributed by atoms with Crippen LogP contribution in [-0.2, 0) is 16.1 Å². The van der Waals surface area contributed by atoms with E-state index in [1.54, 1.807) is 12.3 Å². The Kier molecular flexibility index (Phi) is 5.50. The van der Waals surface area contributed by atoms with Crippen molar-refractivity contribution in [2.75, 3.05) is 38.2 Å². The summed E-state index contributed by atoms with van der Waals surface area (Å²) >= 11 is 0. The van der Waals surface area contributed by atoms with Crippen LogP contribution in [0.25, 0.3) is 0 Å². The summed E-state index contributed by atoms with van der Waals surface area (Å²) in [5.41, 5.74) is 1.64. The monoisotopic (exact) mass is 369 g/mol. The van der Waals surface area contributed by atoms with Crippen LogP contribution in [0.15, 0.2) is 42.6 Å². The van der Waals surface area contributed by atoms with Gasteiger partial charge in [0.2, 0.25) is 5.91 Å². The number of hydrogen-bond acceptors (Lipinski definition) is 6. The Balaban J connectivity index is 1.23. The van der Waals surface area contributed by atoms with Gasteiger partial charge in [-0.1, -0.05) is 6.07 Å². The summed E-state index contributed by atoms with van der Waals surface area (Å²) in [6.45, 7) is 3.53. The summed E-state index contributed by atoms with van der Waals surface area (Å²) < 4.78 is 17.0. The number of aromatic nitrogens is 1. The summed E-state index contributed by atoms with van der Waals surface area (Å²) in [4.78, 5) is 18.7. The van der Waals surface area contributed by atoms with E-state index in [-0.39, 0.29) is 12.0 Å². The molecule has 7 nitrogen and oxygen atoms in total. The van der Waals surface area contributed by atoms with Crippen molar-refractivity contribution in [3.05, 3.63) is 48.3 Å². The fourth-order valence-electron chi connectivity index (χ4n) is 3.29. The Morgan fingerprint density at radius 2 is 2.11 bits per heavy atom. The van der Waals surface area contributed by atoms with Crippen LogP contribution in [-0.4, -0.2) is 54.7 Å². The summed E-state index contributed by atoms with van der Waals surface area (Å²) in [6.07, 6.45) is 2.82. The van der Waals surface area contributed by atoms with E-state index in [2.05, 4.69) is 15.2 Å². The Morgan fingerprint density at radius 1 is 1.22 bits per heavy atom. The average molecular weight is 369 g/mol. The van der Waals surface area contributed by atoms with Gasteiger partial charge in [0.1, 0.15) is 13.2 Å². The van der Waals surface area contributed by atoms with Crippen LogP contribution < -0.4 is 14.8 Å². The molecule has 142 valence electrons. The highest BCUT2D eigenvalue weighted by Crippen LogP contribution is 2.32. The normalized spacial score (nSPS) is 19.0. The van der Waals surface area contributed by atoms with Crippen LogP contribution in [0.1, 0.15) is 12.1 Å². The molecule has 0 unspecified atom stereocenters. The number of pyridine rings is 1. The molecule has 1 fully saturated rings. The molecular formula is C20H23N3O4. The van der Waals surface area contributed by atoms with Crippen molar-refractivity contribution < 1.29 is 19.0 Å². The first-order chi connectivity index (χ1) is 13.3. The minimum atomic E-state index is -0.0444. The minimum absolute atomic E-state index is 0.0444. The first-order valence-electron chi connectivity index (χ1n) is 9.19. The molecular weight excluding hydrogens is 346 g/mol. The number of nitrogens with one attached hydrogen (secondary N) is 1. The maximum atomic E-state index is 12.3. The van der Waals surface area contributed by atoms with Gasteiger partial charge in [-0.3, -0.25) is 14.7 Å². The van der Waals surface area contributed by atoms with Crippen molar-refractivity contribution in [1.29, 1.82) is 0 Å². The van der Waals surface area contributed by atoms with Crippen molar-refractivity contribution in [1.82, 2.24) is 9.88 Å². The SMILES string of the molecule is O=C(CN1CC[C@H](OCc2ccccn2)C1)Nc1ccc2c(c1)OCCO2. The molecule has 1 aromatic heterocycles. The third-order valence-electron chi connectivity index (χ3n) is 4.62. The van der Waals surface area contributed by atoms with E-state index in [1.165, 1.54) is 0 Å². The molecule has 1 aromatic carbocycles. The molecule has 1 atom stereocenters. The molecule has 0 saturated carbocycles. The summed E-state index contributed by atoms with van der Waals surface area (Å²) in [6, 6.07) is 11.2. The van der Waals surface area contributed by atoms with Gasteiger partial charge in [0.15, 0.2) is 11.5 Å². The lowest BCUT2D eigenvalue weighted by Crippen LogP contribution is -2.32. The number of carbonyl (C=O) groups is 1. The van der Waals surface area contributed by atoms with Gasteiger partial charge in [0.25, 0.3) is 0 Å². The quantitative estimate of drug-likeness (QED) is 0.841. The fourth-order valence-corrected chi connectivity index (χ4v) is 3.29. The molecule has 0 spiro atoms. The number of rotatable bonds is 6. The van der Waals surface area contributed by atoms with E-state index >= 15 is 0 Å². The molecule has 0 bridgehead atoms. The Hall–Kier alpha value is -2.64. The highest BCUT2D eigenvalue weighted by Gasteiger charge is 2.25. The number of fused-ring (bicyclic) bond motifs is 1. The van der Waals surface area contributed by atoms with Crippen molar-refractivity contribution >= 4 is 11.6 Å². The van der Waals surface area contributed by atoms with Crippen molar-refractivity contribution in [3.63, 3.8) is 0 Å². The van der Waals surface area contributed by atoms with E-state index in [0.29, 0.717) is 43.6 Å². The van der Waals surface area contributed by atoms with Gasteiger partial charge in [-0.2, -0.15) is 0 Å². The van der Waals surface area contributed by atoms with Crippen LogP contribution in [0.2, 0.25) is 0 Å². The lowest BCUT2D eigenvalue weighted by molar-refractivity contribution is -0.117. The van der Waals surface area contributed by atoms with Gasteiger partial charge >= 0.3 is 0 Å². The molecule has 1 N–H and O–H groups in total. The predicted molar refractivity (Wildman–Crippen MR) is 99.9 cm³/mol. The zero-order valence-corrected chi connectivity index (χ0v) is 15.1. The van der Waals surface area contributed by atoms with Crippen molar-refractivity contribution in [2.45, 2.75) is 19.1 Å². The highest BCUT2D eigenvalue weighted by atomic mass is 16.6. The van der Waals surface area contributed by atoms with E-state index < -0.39 is 0 Å². The number of hydrogen-bond donors (Lipinski definition) is 1. The molecule has 27 heavy (non-hydrogen) atoms. The van der Waals surface area contributed by atoms with E-state index in [0.717, 1.165) is 25.2 Å².